The first-order chi connectivity index (χ1) is 16.9. The van der Waals surface area contributed by atoms with E-state index in [0.717, 1.165) is 6.92 Å². The topological polar surface area (TPSA) is 255 Å². The smallest absolute Gasteiger partial charge is 0.303 e. The zero-order chi connectivity index (χ0) is 26.9. The highest BCUT2D eigenvalue weighted by molar-refractivity contribution is 5.66. The van der Waals surface area contributed by atoms with Crippen LogP contribution in [0.3, 0.4) is 0 Å². The van der Waals surface area contributed by atoms with Gasteiger partial charge in [-0.1, -0.05) is 0 Å². The van der Waals surface area contributed by atoms with Crippen LogP contribution < -0.4 is 0 Å². The molecule has 0 spiro atoms. The molecule has 36 heavy (non-hydrogen) atoms. The summed E-state index contributed by atoms with van der Waals surface area (Å²) >= 11 is 0. The van der Waals surface area contributed by atoms with E-state index in [1.54, 1.807) is 0 Å². The molecule has 0 amide bonds. The third-order valence-corrected chi connectivity index (χ3v) is 6.33. The zero-order valence-corrected chi connectivity index (χ0v) is 19.5. The third kappa shape index (κ3) is 5.97. The summed E-state index contributed by atoms with van der Waals surface area (Å²) in [6.07, 6.45) is -23.7. The quantitative estimate of drug-likeness (QED) is 0.139. The van der Waals surface area contributed by atoms with Crippen LogP contribution >= 0.6 is 0 Å². The van der Waals surface area contributed by atoms with Crippen LogP contribution in [0.1, 0.15) is 13.8 Å². The predicted octanol–water partition coefficient (Wildman–Crippen LogP) is -5.97. The lowest BCUT2D eigenvalue weighted by atomic mass is 9.96. The van der Waals surface area contributed by atoms with E-state index in [-0.39, 0.29) is 0 Å². The minimum absolute atomic E-state index is 0.708. The number of carbonyl (C=O) groups excluding carboxylic acids is 1. The van der Waals surface area contributed by atoms with Crippen molar-refractivity contribution in [1.82, 2.24) is 0 Å². The van der Waals surface area contributed by atoms with Crippen molar-refractivity contribution in [3.63, 3.8) is 0 Å². The Morgan fingerprint density at radius 1 is 0.667 bits per heavy atom. The largest absolute Gasteiger partial charge is 0.454 e. The van der Waals surface area contributed by atoms with E-state index >= 15 is 0 Å². The SMILES string of the molecule is CC(=O)O[C@H]1C(O)O[C@H](CO)[C@H](O)[C@@H]1O[C@@H]1O[C@@H](C)[C@H](O[C@@H]2O[C@H](CO)[C@@H](O)[C@H](O)[C@@H]2O)[C@@H](O)[C@H]1O. The van der Waals surface area contributed by atoms with Crippen molar-refractivity contribution in [2.75, 3.05) is 13.2 Å². The Kier molecular flexibility index (Phi) is 9.97. The standard InChI is InChI=1S/C20H34O16/c1-5-15(35-20-13(28)11(26)9(24)7(3-21)34-20)12(27)14(29)19(31-5)36-16-10(25)8(4-22)33-18(30)17(16)32-6(2)23/h5,7-22,24-30H,3-4H2,1-2H3/t5-,7+,8+,9+,10-,11-,12-,13-,14+,15-,16-,17+,18?,19-,20-/m0/s1. The van der Waals surface area contributed by atoms with Gasteiger partial charge in [0.1, 0.15) is 61.0 Å². The molecule has 3 saturated heterocycles. The van der Waals surface area contributed by atoms with E-state index in [2.05, 4.69) is 0 Å². The van der Waals surface area contributed by atoms with Crippen molar-refractivity contribution in [2.45, 2.75) is 106 Å². The monoisotopic (exact) mass is 530 g/mol. The van der Waals surface area contributed by atoms with Gasteiger partial charge in [-0.3, -0.25) is 4.79 Å². The number of rotatable bonds is 7. The fourth-order valence-electron chi connectivity index (χ4n) is 4.33. The van der Waals surface area contributed by atoms with Crippen LogP contribution in [0.2, 0.25) is 0 Å². The number of carbonyl (C=O) groups is 1. The molecule has 0 aromatic heterocycles. The second-order valence-corrected chi connectivity index (χ2v) is 8.90. The van der Waals surface area contributed by atoms with Gasteiger partial charge in [0.05, 0.1) is 19.3 Å². The van der Waals surface area contributed by atoms with Crippen molar-refractivity contribution in [2.24, 2.45) is 0 Å². The molecule has 1 unspecified atom stereocenters. The van der Waals surface area contributed by atoms with E-state index in [4.69, 9.17) is 28.4 Å². The second kappa shape index (κ2) is 12.2. The summed E-state index contributed by atoms with van der Waals surface area (Å²) in [5.41, 5.74) is 0. The third-order valence-electron chi connectivity index (χ3n) is 6.33. The van der Waals surface area contributed by atoms with Gasteiger partial charge in [0.25, 0.3) is 0 Å². The zero-order valence-electron chi connectivity index (χ0n) is 19.5. The minimum Gasteiger partial charge on any atom is -0.454 e. The second-order valence-electron chi connectivity index (χ2n) is 8.90. The van der Waals surface area contributed by atoms with Crippen molar-refractivity contribution < 1.29 is 79.2 Å². The van der Waals surface area contributed by atoms with Crippen LogP contribution in [0.25, 0.3) is 0 Å². The highest BCUT2D eigenvalue weighted by atomic mass is 16.8. The van der Waals surface area contributed by atoms with E-state index in [0.29, 0.717) is 0 Å². The highest BCUT2D eigenvalue weighted by Crippen LogP contribution is 2.32. The van der Waals surface area contributed by atoms with Crippen LogP contribution in [-0.4, -0.2) is 157 Å². The van der Waals surface area contributed by atoms with Crippen molar-refractivity contribution in [3.8, 4) is 0 Å². The average molecular weight is 530 g/mol. The Morgan fingerprint density at radius 2 is 1.19 bits per heavy atom. The van der Waals surface area contributed by atoms with Gasteiger partial charge in [-0.15, -0.1) is 0 Å². The normalized spacial score (nSPS) is 50.0. The summed E-state index contributed by atoms with van der Waals surface area (Å²) < 4.78 is 31.9. The van der Waals surface area contributed by atoms with E-state index < -0.39 is 111 Å². The molecule has 15 atom stereocenters. The van der Waals surface area contributed by atoms with Gasteiger partial charge in [0.2, 0.25) is 0 Å². The molecular weight excluding hydrogens is 496 g/mol. The molecule has 0 bridgehead atoms. The fraction of sp³-hybridized carbons (Fsp3) is 0.950. The molecular formula is C20H34O16. The van der Waals surface area contributed by atoms with Gasteiger partial charge < -0.3 is 74.4 Å². The summed E-state index contributed by atoms with van der Waals surface area (Å²) in [4.78, 5) is 11.5. The molecule has 3 fully saturated rings. The van der Waals surface area contributed by atoms with Crippen molar-refractivity contribution >= 4 is 5.97 Å². The summed E-state index contributed by atoms with van der Waals surface area (Å²) in [5, 5.41) is 90.8. The summed E-state index contributed by atoms with van der Waals surface area (Å²) in [5.74, 6) is -0.850. The molecule has 16 heteroatoms. The maximum absolute atomic E-state index is 11.5. The van der Waals surface area contributed by atoms with Gasteiger partial charge in [-0.25, -0.2) is 0 Å². The van der Waals surface area contributed by atoms with Gasteiger partial charge >= 0.3 is 5.97 Å². The number of esters is 1. The molecule has 3 aliphatic rings. The van der Waals surface area contributed by atoms with E-state index in [1.165, 1.54) is 6.92 Å². The number of aliphatic hydroxyl groups is 9. The number of aliphatic hydroxyl groups excluding tert-OH is 9. The molecule has 210 valence electrons. The van der Waals surface area contributed by atoms with Crippen LogP contribution in [0, 0.1) is 0 Å². The first-order valence-corrected chi connectivity index (χ1v) is 11.3. The first kappa shape index (κ1) is 29.5. The summed E-state index contributed by atoms with van der Waals surface area (Å²) in [7, 11) is 0. The highest BCUT2D eigenvalue weighted by Gasteiger charge is 2.53. The average Bonchev–Trinajstić information content (AvgIpc) is 2.83. The molecule has 0 aromatic rings. The van der Waals surface area contributed by atoms with Crippen LogP contribution in [0.15, 0.2) is 0 Å². The molecule has 3 heterocycles. The van der Waals surface area contributed by atoms with E-state index in [9.17, 15) is 50.8 Å². The predicted molar refractivity (Wildman–Crippen MR) is 109 cm³/mol. The Bertz CT molecular complexity index is 724. The first-order valence-electron chi connectivity index (χ1n) is 11.3. The van der Waals surface area contributed by atoms with Gasteiger partial charge in [0.15, 0.2) is 25.0 Å². The van der Waals surface area contributed by atoms with Crippen LogP contribution in [0.4, 0.5) is 0 Å². The number of hydrogen-bond donors (Lipinski definition) is 9. The molecule has 0 aromatic carbocycles. The molecule has 9 N–H and O–H groups in total. The molecule has 3 aliphatic heterocycles. The summed E-state index contributed by atoms with van der Waals surface area (Å²) in [6, 6.07) is 0. The van der Waals surface area contributed by atoms with Crippen LogP contribution in [0.5, 0.6) is 0 Å². The molecule has 0 radical (unpaired) electrons. The maximum atomic E-state index is 11.5. The molecule has 16 nitrogen and oxygen atoms in total. The summed E-state index contributed by atoms with van der Waals surface area (Å²) in [6.45, 7) is 0.996. The number of ether oxygens (including phenoxy) is 6. The Morgan fingerprint density at radius 3 is 1.78 bits per heavy atom. The van der Waals surface area contributed by atoms with E-state index in [1.807, 2.05) is 0 Å². The maximum Gasteiger partial charge on any atom is 0.303 e. The number of hydrogen-bond acceptors (Lipinski definition) is 16. The van der Waals surface area contributed by atoms with Gasteiger partial charge in [-0.2, -0.15) is 0 Å². The van der Waals surface area contributed by atoms with Crippen LogP contribution in [-0.2, 0) is 33.2 Å². The lowest BCUT2D eigenvalue weighted by Crippen LogP contribution is -2.66. The molecule has 3 rings (SSSR count). The lowest BCUT2D eigenvalue weighted by molar-refractivity contribution is -0.374. The minimum atomic E-state index is -1.85. The van der Waals surface area contributed by atoms with Gasteiger partial charge in [-0.05, 0) is 6.92 Å². The molecule has 0 saturated carbocycles. The molecule has 0 aliphatic carbocycles. The van der Waals surface area contributed by atoms with Crippen molar-refractivity contribution in [3.05, 3.63) is 0 Å². The Balaban J connectivity index is 1.72. The fourth-order valence-corrected chi connectivity index (χ4v) is 4.33. The van der Waals surface area contributed by atoms with Gasteiger partial charge in [0, 0.05) is 6.92 Å². The lowest BCUT2D eigenvalue weighted by Gasteiger charge is -2.47. The van der Waals surface area contributed by atoms with Crippen molar-refractivity contribution in [1.29, 1.82) is 0 Å². The Labute approximate surface area is 205 Å². The Hall–Kier alpha value is -1.09.